The second-order valence-corrected chi connectivity index (χ2v) is 9.67. The number of rotatable bonds is 9. The minimum absolute atomic E-state index is 0.375. The van der Waals surface area contributed by atoms with Gasteiger partial charge in [0.2, 0.25) is 0 Å². The number of piperidine rings is 1. The van der Waals surface area contributed by atoms with Crippen LogP contribution in [0.5, 0.6) is 5.75 Å². The quantitative estimate of drug-likeness (QED) is 0.686. The van der Waals surface area contributed by atoms with Gasteiger partial charge in [-0.15, -0.1) is 0 Å². The third-order valence-electron chi connectivity index (χ3n) is 7.38. The fourth-order valence-corrected chi connectivity index (χ4v) is 4.88. The van der Waals surface area contributed by atoms with E-state index in [0.29, 0.717) is 12.5 Å². The average Bonchev–Trinajstić information content (AvgIpc) is 3.66. The standard InChI is InChI=1S/C24H34N2O3/c1-16-23(28-15-18-2-3-18)7-5-21-22(25-29-24(16)21)6-4-17-8-10-26(11-9-17)13-19-12-20(19)14-27/h5,7,17-20,27H,2-4,6,8-15H2,1H3. The summed E-state index contributed by atoms with van der Waals surface area (Å²) in [4.78, 5) is 2.61. The molecule has 2 aromatic rings. The first-order chi connectivity index (χ1) is 14.2. The van der Waals surface area contributed by atoms with Gasteiger partial charge in [-0.3, -0.25) is 0 Å². The van der Waals surface area contributed by atoms with Gasteiger partial charge in [-0.1, -0.05) is 5.16 Å². The molecule has 1 N–H and O–H groups in total. The van der Waals surface area contributed by atoms with Gasteiger partial charge in [0, 0.05) is 24.1 Å². The second-order valence-electron chi connectivity index (χ2n) is 9.67. The number of aryl methyl sites for hydroxylation is 2. The molecule has 1 aromatic heterocycles. The van der Waals surface area contributed by atoms with E-state index in [1.807, 2.05) is 0 Å². The minimum atomic E-state index is 0.375. The van der Waals surface area contributed by atoms with Crippen molar-refractivity contribution in [3.63, 3.8) is 0 Å². The highest BCUT2D eigenvalue weighted by Gasteiger charge is 2.37. The fourth-order valence-electron chi connectivity index (χ4n) is 4.88. The monoisotopic (exact) mass is 398 g/mol. The summed E-state index contributed by atoms with van der Waals surface area (Å²) in [5, 5.41) is 14.8. The van der Waals surface area contributed by atoms with Crippen molar-refractivity contribution in [1.82, 2.24) is 10.1 Å². The van der Waals surface area contributed by atoms with Crippen molar-refractivity contribution in [3.05, 3.63) is 23.4 Å². The first-order valence-corrected chi connectivity index (χ1v) is 11.5. The fraction of sp³-hybridized carbons (Fsp3) is 0.708. The van der Waals surface area contributed by atoms with Crippen LogP contribution < -0.4 is 4.74 Å². The van der Waals surface area contributed by atoms with Crippen molar-refractivity contribution in [1.29, 1.82) is 0 Å². The molecule has 0 spiro atoms. The molecule has 2 aliphatic carbocycles. The van der Waals surface area contributed by atoms with E-state index < -0.39 is 0 Å². The molecule has 2 heterocycles. The predicted molar refractivity (Wildman–Crippen MR) is 113 cm³/mol. The minimum Gasteiger partial charge on any atom is -0.493 e. The number of hydrogen-bond acceptors (Lipinski definition) is 5. The Balaban J connectivity index is 1.13. The average molecular weight is 399 g/mol. The van der Waals surface area contributed by atoms with Gasteiger partial charge >= 0.3 is 0 Å². The Bertz CT molecular complexity index is 836. The normalized spacial score (nSPS) is 25.6. The first kappa shape index (κ1) is 19.4. The molecule has 0 radical (unpaired) electrons. The Kier molecular flexibility index (Phi) is 5.53. The highest BCUT2D eigenvalue weighted by Crippen LogP contribution is 2.39. The number of likely N-dealkylation sites (tertiary alicyclic amines) is 1. The third-order valence-corrected chi connectivity index (χ3v) is 7.38. The molecule has 29 heavy (non-hydrogen) atoms. The number of fused-ring (bicyclic) bond motifs is 1. The van der Waals surface area contributed by atoms with Crippen LogP contribution >= 0.6 is 0 Å². The van der Waals surface area contributed by atoms with Gasteiger partial charge in [-0.05, 0) is 101 Å². The summed E-state index contributed by atoms with van der Waals surface area (Å²) in [5.41, 5.74) is 3.07. The van der Waals surface area contributed by atoms with Crippen LogP contribution in [0.25, 0.3) is 11.0 Å². The predicted octanol–water partition coefficient (Wildman–Crippen LogP) is 4.20. The van der Waals surface area contributed by atoms with E-state index in [-0.39, 0.29) is 0 Å². The summed E-state index contributed by atoms with van der Waals surface area (Å²) >= 11 is 0. The maximum absolute atomic E-state index is 9.23. The van der Waals surface area contributed by atoms with Crippen LogP contribution in [0.1, 0.15) is 49.8 Å². The Morgan fingerprint density at radius 3 is 2.69 bits per heavy atom. The maximum atomic E-state index is 9.23. The zero-order valence-corrected chi connectivity index (χ0v) is 17.6. The van der Waals surface area contributed by atoms with Crippen LogP contribution in [0.3, 0.4) is 0 Å². The number of aromatic nitrogens is 1. The maximum Gasteiger partial charge on any atom is 0.173 e. The van der Waals surface area contributed by atoms with E-state index in [4.69, 9.17) is 9.26 Å². The van der Waals surface area contributed by atoms with Gasteiger partial charge in [-0.25, -0.2) is 0 Å². The van der Waals surface area contributed by atoms with Crippen molar-refractivity contribution in [3.8, 4) is 5.75 Å². The molecule has 0 amide bonds. The SMILES string of the molecule is Cc1c(OCC2CC2)ccc2c(CCC3CCN(CC4CC4CO)CC3)noc12. The van der Waals surface area contributed by atoms with Crippen LogP contribution in [-0.2, 0) is 6.42 Å². The van der Waals surface area contributed by atoms with Crippen molar-refractivity contribution in [2.75, 3.05) is 32.8 Å². The van der Waals surface area contributed by atoms with E-state index in [0.717, 1.165) is 58.8 Å². The molecule has 1 saturated heterocycles. The van der Waals surface area contributed by atoms with Crippen molar-refractivity contribution >= 4 is 11.0 Å². The van der Waals surface area contributed by atoms with Gasteiger partial charge < -0.3 is 19.3 Å². The Hall–Kier alpha value is -1.59. The molecule has 1 aromatic carbocycles. The van der Waals surface area contributed by atoms with Gasteiger partial charge in [0.25, 0.3) is 0 Å². The molecule has 3 aliphatic rings. The molecule has 2 unspecified atom stereocenters. The number of nitrogens with zero attached hydrogens (tertiary/aromatic N) is 2. The number of aliphatic hydroxyl groups excluding tert-OH is 1. The second kappa shape index (κ2) is 8.27. The van der Waals surface area contributed by atoms with Crippen LogP contribution in [0.2, 0.25) is 0 Å². The van der Waals surface area contributed by atoms with Crippen LogP contribution in [0.15, 0.2) is 16.7 Å². The van der Waals surface area contributed by atoms with Crippen molar-refractivity contribution in [2.24, 2.45) is 23.7 Å². The third kappa shape index (κ3) is 4.46. The Labute approximate surface area is 173 Å². The number of hydrogen-bond donors (Lipinski definition) is 1. The lowest BCUT2D eigenvalue weighted by Gasteiger charge is -2.32. The van der Waals surface area contributed by atoms with E-state index in [2.05, 4.69) is 29.1 Å². The Morgan fingerprint density at radius 1 is 1.14 bits per heavy atom. The molecule has 2 atom stereocenters. The molecule has 5 heteroatoms. The summed E-state index contributed by atoms with van der Waals surface area (Å²) < 4.78 is 11.7. The number of aliphatic hydroxyl groups is 1. The molecule has 5 rings (SSSR count). The largest absolute Gasteiger partial charge is 0.493 e. The number of ether oxygens (including phenoxy) is 1. The first-order valence-electron chi connectivity index (χ1n) is 11.5. The zero-order valence-electron chi connectivity index (χ0n) is 17.6. The Morgan fingerprint density at radius 2 is 1.97 bits per heavy atom. The summed E-state index contributed by atoms with van der Waals surface area (Å²) in [7, 11) is 0. The summed E-state index contributed by atoms with van der Waals surface area (Å²) in [6.07, 6.45) is 8.58. The van der Waals surface area contributed by atoms with Crippen LogP contribution in [0.4, 0.5) is 0 Å². The van der Waals surface area contributed by atoms with E-state index in [9.17, 15) is 5.11 Å². The van der Waals surface area contributed by atoms with Gasteiger partial charge in [-0.2, -0.15) is 0 Å². The lowest BCUT2D eigenvalue weighted by atomic mass is 9.91. The van der Waals surface area contributed by atoms with Crippen LogP contribution in [-0.4, -0.2) is 48.0 Å². The zero-order chi connectivity index (χ0) is 19.8. The molecule has 1 aliphatic heterocycles. The topological polar surface area (TPSA) is 58.7 Å². The lowest BCUT2D eigenvalue weighted by Crippen LogP contribution is -2.35. The smallest absolute Gasteiger partial charge is 0.173 e. The molecule has 5 nitrogen and oxygen atoms in total. The highest BCUT2D eigenvalue weighted by atomic mass is 16.5. The molecular formula is C24H34N2O3. The molecule has 2 saturated carbocycles. The van der Waals surface area contributed by atoms with Gasteiger partial charge in [0.15, 0.2) is 5.58 Å². The van der Waals surface area contributed by atoms with E-state index in [1.165, 1.54) is 58.2 Å². The molecule has 0 bridgehead atoms. The van der Waals surface area contributed by atoms with Crippen molar-refractivity contribution in [2.45, 2.75) is 51.9 Å². The van der Waals surface area contributed by atoms with E-state index >= 15 is 0 Å². The summed E-state index contributed by atoms with van der Waals surface area (Å²) in [5.74, 6) is 3.81. The number of benzene rings is 1. The summed E-state index contributed by atoms with van der Waals surface area (Å²) in [6, 6.07) is 4.23. The molecule has 158 valence electrons. The molecule has 3 fully saturated rings. The van der Waals surface area contributed by atoms with E-state index in [1.54, 1.807) is 0 Å². The van der Waals surface area contributed by atoms with Gasteiger partial charge in [0.05, 0.1) is 12.3 Å². The molecular weight excluding hydrogens is 364 g/mol. The van der Waals surface area contributed by atoms with Gasteiger partial charge in [0.1, 0.15) is 5.75 Å². The van der Waals surface area contributed by atoms with Crippen LogP contribution in [0, 0.1) is 30.6 Å². The van der Waals surface area contributed by atoms with Crippen molar-refractivity contribution < 1.29 is 14.4 Å². The lowest BCUT2D eigenvalue weighted by molar-refractivity contribution is 0.166. The summed E-state index contributed by atoms with van der Waals surface area (Å²) in [6.45, 7) is 6.89. The highest BCUT2D eigenvalue weighted by molar-refractivity contribution is 5.84.